The van der Waals surface area contributed by atoms with Crippen LogP contribution in [0.1, 0.15) is 45.9 Å². The first kappa shape index (κ1) is 77.0. The molecule has 12 aromatic rings. The molecule has 12 rings (SSSR count). The molecule has 9 N–H and O–H groups in total. The Morgan fingerprint density at radius 3 is 1.02 bits per heavy atom. The van der Waals surface area contributed by atoms with Gasteiger partial charge in [-0.1, -0.05) is 222 Å². The van der Waals surface area contributed by atoms with Crippen molar-refractivity contribution in [2.24, 2.45) is 30.7 Å². The predicted molar refractivity (Wildman–Crippen MR) is 407 cm³/mol. The van der Waals surface area contributed by atoms with Gasteiger partial charge < -0.3 is 42.2 Å². The number of anilines is 4. The van der Waals surface area contributed by atoms with E-state index in [1.165, 1.54) is 48.5 Å². The van der Waals surface area contributed by atoms with Crippen molar-refractivity contribution >= 4 is 231 Å². The van der Waals surface area contributed by atoms with Crippen molar-refractivity contribution in [2.45, 2.75) is 14.9 Å². The molecule has 3 radical (unpaired) electrons. The van der Waals surface area contributed by atoms with E-state index in [0.717, 1.165) is 0 Å². The predicted octanol–water partition coefficient (Wildman–Crippen LogP) is 25.2. The minimum atomic E-state index is -0.748. The van der Waals surface area contributed by atoms with Crippen LogP contribution in [0.2, 0.25) is 50.2 Å². The third kappa shape index (κ3) is 18.5. The molecule has 0 unspecified atom stereocenters. The highest BCUT2D eigenvalue weighted by Crippen LogP contribution is 2.45. The number of benzene rings is 12. The number of nitrogens with one attached hydrogen (secondary N) is 2. The first-order valence-electron chi connectivity index (χ1n) is 27.7. The summed E-state index contributed by atoms with van der Waals surface area (Å²) in [6.07, 6.45) is 0. The number of rotatable bonds is 12. The number of fused-ring (bicyclic) bond motifs is 3. The van der Waals surface area contributed by atoms with E-state index in [9.17, 15) is 29.7 Å². The Hall–Kier alpha value is -9.41. The zero-order valence-electron chi connectivity index (χ0n) is 49.2. The number of hydrogen-bond donors (Lipinski definition) is 7. The second-order valence-electron chi connectivity index (χ2n) is 20.2. The monoisotopic (exact) mass is 1520 g/mol. The lowest BCUT2D eigenvalue weighted by Gasteiger charge is -2.15. The lowest BCUT2D eigenvalue weighted by atomic mass is 10.0. The van der Waals surface area contributed by atoms with Gasteiger partial charge in [0.05, 0.1) is 69.0 Å². The highest BCUT2D eigenvalue weighted by atomic mass is 35.5. The average Bonchev–Trinajstić information content (AvgIpc) is 0.789. The largest absolute Gasteiger partial charge is 0.505 e. The van der Waals surface area contributed by atoms with E-state index in [0.29, 0.717) is 85.3 Å². The molecule has 0 fully saturated rings. The van der Waals surface area contributed by atoms with Crippen molar-refractivity contribution in [3.05, 3.63) is 267 Å². The van der Waals surface area contributed by atoms with Crippen LogP contribution in [-0.2, 0) is 0 Å². The van der Waals surface area contributed by atoms with Gasteiger partial charge in [-0.3, -0.25) is 9.59 Å². The molecule has 0 aliphatic rings. The van der Waals surface area contributed by atoms with Crippen LogP contribution in [0.5, 0.6) is 23.0 Å². The number of nitrogens with two attached hydrogens (primary N) is 2. The lowest BCUT2D eigenvalue weighted by Crippen LogP contribution is -2.14. The quantitative estimate of drug-likeness (QED) is 0.0201. The number of amides is 2. The van der Waals surface area contributed by atoms with Gasteiger partial charge in [0.25, 0.3) is 11.8 Å². The summed E-state index contributed by atoms with van der Waals surface area (Å²) in [5, 5.41) is 70.4. The number of phenolic OH excluding ortho intramolecular Hbond substituents is 3. The molecular weight excluding hydrogens is 1470 g/mol. The molecule has 0 atom stereocenters. The smallest absolute Gasteiger partial charge is 0.347 e. The van der Waals surface area contributed by atoms with Gasteiger partial charge in [-0.25, -0.2) is 4.79 Å². The summed E-state index contributed by atoms with van der Waals surface area (Å²) >= 11 is 61.3. The first-order chi connectivity index (χ1) is 46.0. The number of halogens is 10. The summed E-state index contributed by atoms with van der Waals surface area (Å²) in [7, 11) is 0. The van der Waals surface area contributed by atoms with Crippen molar-refractivity contribution in [1.82, 2.24) is 0 Å². The summed E-state index contributed by atoms with van der Waals surface area (Å²) in [6.45, 7) is 0. The Morgan fingerprint density at radius 1 is 0.354 bits per heavy atom. The van der Waals surface area contributed by atoms with Gasteiger partial charge in [-0.2, -0.15) is 0 Å². The van der Waals surface area contributed by atoms with Crippen LogP contribution in [0, 0.1) is 0 Å². The van der Waals surface area contributed by atoms with Gasteiger partial charge in [0.1, 0.15) is 45.4 Å². The number of carbonyl (C=O) groups is 3. The SMILES string of the molecule is C.C.Nc1cc(Cl)c(N)cc1Cl.O=C(Nc1cc(Cl)c(NC(=O)c2cc3ccccc3c(N=Nc3cc(Cl)ccc3Cl)c2O)cc1Cl)c1cc2ccccc2c(N=Nc2cc(Cl)ccc2Cl)c1O.O=C(Oc1ccccc1)c1cc2ccccc2c(N=Nc2cc(Cl)ccc2Cl)c1O.[B]. The molecule has 0 saturated heterocycles. The Balaban J connectivity index is 0.000000267. The molecule has 0 aliphatic heterocycles. The molecule has 0 aliphatic carbocycles. The van der Waals surface area contributed by atoms with E-state index in [1.807, 2.05) is 12.1 Å². The molecule has 0 spiro atoms. The van der Waals surface area contributed by atoms with Gasteiger partial charge in [0.15, 0.2) is 17.2 Å². The van der Waals surface area contributed by atoms with Crippen LogP contribution >= 0.6 is 116 Å². The maximum atomic E-state index is 13.7. The van der Waals surface area contributed by atoms with Crippen LogP contribution in [0.15, 0.2) is 231 Å². The van der Waals surface area contributed by atoms with E-state index in [1.54, 1.807) is 140 Å². The second kappa shape index (κ2) is 34.4. The molecule has 0 bridgehead atoms. The molecule has 2 amide bonds. The van der Waals surface area contributed by atoms with E-state index < -0.39 is 29.3 Å². The van der Waals surface area contributed by atoms with Gasteiger partial charge in [0.2, 0.25) is 0 Å². The highest BCUT2D eigenvalue weighted by molar-refractivity contribution is 6.39. The van der Waals surface area contributed by atoms with Gasteiger partial charge in [0, 0.05) is 39.6 Å². The van der Waals surface area contributed by atoms with Crippen LogP contribution in [0.4, 0.5) is 56.9 Å². The van der Waals surface area contributed by atoms with Crippen molar-refractivity contribution in [1.29, 1.82) is 0 Å². The van der Waals surface area contributed by atoms with Crippen molar-refractivity contribution < 1.29 is 34.4 Å². The van der Waals surface area contributed by atoms with Crippen molar-refractivity contribution in [3.8, 4) is 23.0 Å². The third-order valence-corrected chi connectivity index (χ3v) is 16.8. The topological polar surface area (TPSA) is 271 Å². The third-order valence-electron chi connectivity index (χ3n) is 13.8. The molecule has 17 nitrogen and oxygen atoms in total. The Labute approximate surface area is 618 Å². The van der Waals surface area contributed by atoms with Crippen LogP contribution in [-0.4, -0.2) is 41.5 Å². The number of carbonyl (C=O) groups excluding carboxylic acids is 3. The Kier molecular flexibility index (Phi) is 26.7. The van der Waals surface area contributed by atoms with Gasteiger partial charge in [-0.15, -0.1) is 30.7 Å². The van der Waals surface area contributed by atoms with Gasteiger partial charge in [-0.05, 0) is 125 Å². The molecule has 0 heterocycles. The van der Waals surface area contributed by atoms with Crippen LogP contribution in [0.25, 0.3) is 32.3 Å². The molecule has 0 aromatic heterocycles. The minimum absolute atomic E-state index is 0. The molecule has 499 valence electrons. The Bertz CT molecular complexity index is 4930. The fraction of sp³-hybridized carbons (Fsp3) is 0.0282. The number of esters is 1. The fourth-order valence-corrected chi connectivity index (χ4v) is 10.8. The summed E-state index contributed by atoms with van der Waals surface area (Å²) in [4.78, 5) is 40.0. The summed E-state index contributed by atoms with van der Waals surface area (Å²) < 4.78 is 5.37. The number of aromatic hydroxyl groups is 3. The van der Waals surface area contributed by atoms with Crippen molar-refractivity contribution in [3.63, 3.8) is 0 Å². The summed E-state index contributed by atoms with van der Waals surface area (Å²) in [5.41, 5.74) is 12.6. The molecule has 28 heteroatoms. The number of ether oxygens (including phenoxy) is 1. The lowest BCUT2D eigenvalue weighted by molar-refractivity contribution is 0.0731. The van der Waals surface area contributed by atoms with Crippen LogP contribution in [0.3, 0.4) is 0 Å². The summed E-state index contributed by atoms with van der Waals surface area (Å²) in [5.74, 6) is -3.09. The second-order valence-corrected chi connectivity index (χ2v) is 24.4. The molecule has 12 aromatic carbocycles. The normalized spacial score (nSPS) is 10.9. The van der Waals surface area contributed by atoms with E-state index in [-0.39, 0.29) is 106 Å². The van der Waals surface area contributed by atoms with E-state index in [4.69, 9.17) is 132 Å². The number of hydrogen-bond acceptors (Lipinski definition) is 15. The minimum Gasteiger partial charge on any atom is -0.505 e. The summed E-state index contributed by atoms with van der Waals surface area (Å²) in [6, 6.07) is 54.1. The van der Waals surface area contributed by atoms with E-state index in [2.05, 4.69) is 41.3 Å². The molecular formula is C71H50BCl10N10O7. The van der Waals surface area contributed by atoms with Crippen LogP contribution < -0.4 is 26.8 Å². The fourth-order valence-electron chi connectivity index (χ4n) is 9.10. The first-order valence-corrected chi connectivity index (χ1v) is 31.5. The van der Waals surface area contributed by atoms with E-state index >= 15 is 0 Å². The number of nitrogens with zero attached hydrogens (tertiary/aromatic N) is 6. The number of para-hydroxylation sites is 1. The Morgan fingerprint density at radius 2 is 0.667 bits per heavy atom. The number of phenols is 3. The standard InChI is InChI=1S/C40H22Cl6N6O4.C23H14Cl2N2O3.C6H6Cl2N2.2CH4.B/c41-21-9-11-27(43)33(15-21)49-51-35-23-7-3-1-5-19(23)13-25(37(35)53)39(55)47-31-17-30(46)32(18-29(31)45)48-40(56)26-14-20-6-2-4-8-24(20)36(38(26)54)52-50-34-16-22(42)10-12-28(34)44;24-15-10-11-19(25)20(13-15)26-27-21-17-9-5-4-6-14(17)12-18(22(21)28)23(29)30-16-7-2-1-3-8-16;7-3-1-5(9)4(8)2-6(3)10;;;/h1-18,53-54H,(H,47,55)(H,48,56);1-13,28H;1-2H,9-10H2;2*1H4;. The molecule has 0 saturated carbocycles. The molecule has 99 heavy (non-hydrogen) atoms. The number of nitrogen functional groups attached to an aromatic ring is 2. The maximum absolute atomic E-state index is 13.7. The van der Waals surface area contributed by atoms with Gasteiger partial charge >= 0.3 is 5.97 Å². The zero-order valence-corrected chi connectivity index (χ0v) is 56.8. The zero-order chi connectivity index (χ0) is 68.5. The highest BCUT2D eigenvalue weighted by Gasteiger charge is 2.24. The number of azo groups is 3. The average molecular weight is 1520 g/mol. The van der Waals surface area contributed by atoms with Crippen molar-refractivity contribution in [2.75, 3.05) is 22.1 Å². The maximum Gasteiger partial charge on any atom is 0.347 e.